The van der Waals surface area contributed by atoms with Crippen molar-refractivity contribution in [2.45, 2.75) is 31.5 Å². The van der Waals surface area contributed by atoms with Crippen LogP contribution < -0.4 is 15.4 Å². The van der Waals surface area contributed by atoms with E-state index in [1.807, 2.05) is 12.1 Å². The molecule has 2 atom stereocenters. The molecule has 0 amide bonds. The first-order valence-corrected chi connectivity index (χ1v) is 8.66. The zero-order chi connectivity index (χ0) is 17.1. The van der Waals surface area contributed by atoms with Gasteiger partial charge < -0.3 is 19.9 Å². The lowest BCUT2D eigenvalue weighted by molar-refractivity contribution is 0.303. The van der Waals surface area contributed by atoms with E-state index >= 15 is 0 Å². The van der Waals surface area contributed by atoms with Crippen molar-refractivity contribution in [2.24, 2.45) is 0 Å². The molecule has 130 valence electrons. The van der Waals surface area contributed by atoms with E-state index < -0.39 is 0 Å². The second-order valence-electron chi connectivity index (χ2n) is 6.38. The Morgan fingerprint density at radius 1 is 1.28 bits per heavy atom. The van der Waals surface area contributed by atoms with Gasteiger partial charge in [0.15, 0.2) is 5.58 Å². The van der Waals surface area contributed by atoms with E-state index in [2.05, 4.69) is 51.3 Å². The van der Waals surface area contributed by atoms with Gasteiger partial charge in [-0.15, -0.1) is 5.10 Å². The van der Waals surface area contributed by atoms with Crippen molar-refractivity contribution in [3.8, 4) is 5.75 Å². The Morgan fingerprint density at radius 2 is 2.16 bits per heavy atom. The van der Waals surface area contributed by atoms with E-state index in [1.54, 1.807) is 7.11 Å². The lowest BCUT2D eigenvalue weighted by Gasteiger charge is -2.34. The third kappa shape index (κ3) is 3.36. The van der Waals surface area contributed by atoms with Crippen LogP contribution in [0.15, 0.2) is 47.0 Å². The Balaban J connectivity index is 1.53. The molecule has 6 nitrogen and oxygen atoms in total. The summed E-state index contributed by atoms with van der Waals surface area (Å²) in [5.74, 6) is 0.790. The molecule has 2 unspecified atom stereocenters. The van der Waals surface area contributed by atoms with Gasteiger partial charge in [0.1, 0.15) is 11.3 Å². The summed E-state index contributed by atoms with van der Waals surface area (Å²) in [6.07, 6.45) is 2.31. The van der Waals surface area contributed by atoms with Crippen LogP contribution in [0, 0.1) is 0 Å². The van der Waals surface area contributed by atoms with Gasteiger partial charge >= 0.3 is 0 Å². The van der Waals surface area contributed by atoms with Crippen molar-refractivity contribution in [3.63, 3.8) is 0 Å². The fourth-order valence-electron chi connectivity index (χ4n) is 3.54. The molecule has 25 heavy (non-hydrogen) atoms. The van der Waals surface area contributed by atoms with Gasteiger partial charge in [0.2, 0.25) is 0 Å². The molecule has 0 radical (unpaired) electrons. The van der Waals surface area contributed by atoms with Gasteiger partial charge in [0.05, 0.1) is 7.11 Å². The van der Waals surface area contributed by atoms with Gasteiger partial charge in [0.25, 0.3) is 0 Å². The standard InChI is InChI=1S/C19H22N4O2/c1-24-17-11-18-16(22-23-25-18)10-14(17)12-21-15-8-5-9-20-19(15)13-6-3-2-4-7-13/h2-4,6-7,10-11,15,19-21H,5,8-9,12H2,1H3. The highest BCUT2D eigenvalue weighted by atomic mass is 16.5. The number of hydrogen-bond donors (Lipinski definition) is 2. The molecule has 4 rings (SSSR count). The SMILES string of the molecule is COc1cc2onnc2cc1CNC1CCCNC1c1ccccc1. The highest BCUT2D eigenvalue weighted by Crippen LogP contribution is 2.27. The Kier molecular flexibility index (Phi) is 4.63. The van der Waals surface area contributed by atoms with Crippen molar-refractivity contribution in [3.05, 3.63) is 53.6 Å². The predicted molar refractivity (Wildman–Crippen MR) is 95.4 cm³/mol. The average Bonchev–Trinajstić information content (AvgIpc) is 3.13. The van der Waals surface area contributed by atoms with Crippen LogP contribution in [0.5, 0.6) is 5.75 Å². The van der Waals surface area contributed by atoms with Crippen molar-refractivity contribution in [1.82, 2.24) is 21.0 Å². The number of nitrogens with one attached hydrogen (secondary N) is 2. The lowest BCUT2D eigenvalue weighted by atomic mass is 9.92. The molecule has 1 fully saturated rings. The zero-order valence-electron chi connectivity index (χ0n) is 14.2. The molecule has 1 aliphatic rings. The van der Waals surface area contributed by atoms with Gasteiger partial charge in [0, 0.05) is 35.5 Å². The van der Waals surface area contributed by atoms with E-state index in [9.17, 15) is 0 Å². The Labute approximate surface area is 146 Å². The van der Waals surface area contributed by atoms with E-state index in [1.165, 1.54) is 12.0 Å². The number of ether oxygens (including phenoxy) is 1. The van der Waals surface area contributed by atoms with E-state index in [0.717, 1.165) is 29.8 Å². The maximum atomic E-state index is 5.50. The molecule has 2 N–H and O–H groups in total. The summed E-state index contributed by atoms with van der Waals surface area (Å²) in [4.78, 5) is 0. The number of hydrogen-bond acceptors (Lipinski definition) is 6. The van der Waals surface area contributed by atoms with Gasteiger partial charge in [-0.3, -0.25) is 0 Å². The predicted octanol–water partition coefficient (Wildman–Crippen LogP) is 2.81. The fourth-order valence-corrected chi connectivity index (χ4v) is 3.54. The number of fused-ring (bicyclic) bond motifs is 1. The molecule has 0 spiro atoms. The van der Waals surface area contributed by atoms with E-state index in [0.29, 0.717) is 24.2 Å². The second kappa shape index (κ2) is 7.21. The van der Waals surface area contributed by atoms with Crippen LogP contribution in [0.3, 0.4) is 0 Å². The summed E-state index contributed by atoms with van der Waals surface area (Å²) >= 11 is 0. The first-order chi connectivity index (χ1) is 12.3. The molecular weight excluding hydrogens is 316 g/mol. The third-order valence-corrected chi connectivity index (χ3v) is 4.82. The smallest absolute Gasteiger partial charge is 0.191 e. The minimum atomic E-state index is 0.318. The largest absolute Gasteiger partial charge is 0.496 e. The minimum absolute atomic E-state index is 0.318. The molecule has 1 saturated heterocycles. The summed E-state index contributed by atoms with van der Waals surface area (Å²) in [6, 6.07) is 15.1. The maximum absolute atomic E-state index is 5.50. The van der Waals surface area contributed by atoms with Crippen LogP contribution in [0.25, 0.3) is 11.1 Å². The molecular formula is C19H22N4O2. The zero-order valence-corrected chi connectivity index (χ0v) is 14.2. The summed E-state index contributed by atoms with van der Waals surface area (Å²) in [5, 5.41) is 14.9. The normalized spacial score (nSPS) is 20.7. The number of nitrogens with zero attached hydrogens (tertiary/aromatic N) is 2. The number of benzene rings is 2. The van der Waals surface area contributed by atoms with Crippen molar-refractivity contribution >= 4 is 11.1 Å². The molecule has 1 aromatic heterocycles. The van der Waals surface area contributed by atoms with Gasteiger partial charge in [-0.1, -0.05) is 30.3 Å². The Hall–Kier alpha value is -2.44. The fraction of sp³-hybridized carbons (Fsp3) is 0.368. The molecule has 6 heteroatoms. The highest BCUT2D eigenvalue weighted by molar-refractivity contribution is 5.75. The van der Waals surface area contributed by atoms with Gasteiger partial charge in [-0.05, 0) is 31.0 Å². The number of rotatable bonds is 5. The summed E-state index contributed by atoms with van der Waals surface area (Å²) in [6.45, 7) is 1.76. The summed E-state index contributed by atoms with van der Waals surface area (Å²) in [5.41, 5.74) is 3.77. The number of aromatic nitrogens is 2. The van der Waals surface area contributed by atoms with Crippen LogP contribution in [-0.4, -0.2) is 30.1 Å². The molecule has 3 aromatic rings. The highest BCUT2D eigenvalue weighted by Gasteiger charge is 2.25. The first kappa shape index (κ1) is 16.1. The van der Waals surface area contributed by atoms with E-state index in [-0.39, 0.29) is 0 Å². The molecule has 0 bridgehead atoms. The monoisotopic (exact) mass is 338 g/mol. The van der Waals surface area contributed by atoms with Gasteiger partial charge in [-0.25, -0.2) is 0 Å². The number of piperidine rings is 1. The Morgan fingerprint density at radius 3 is 3.00 bits per heavy atom. The molecule has 2 aromatic carbocycles. The van der Waals surface area contributed by atoms with Crippen LogP contribution >= 0.6 is 0 Å². The lowest BCUT2D eigenvalue weighted by Crippen LogP contribution is -2.45. The summed E-state index contributed by atoms with van der Waals surface area (Å²) < 4.78 is 10.6. The minimum Gasteiger partial charge on any atom is -0.496 e. The van der Waals surface area contributed by atoms with Crippen molar-refractivity contribution < 1.29 is 9.26 Å². The van der Waals surface area contributed by atoms with Crippen LogP contribution in [0.2, 0.25) is 0 Å². The molecule has 0 aliphatic carbocycles. The molecule has 1 aliphatic heterocycles. The second-order valence-corrected chi connectivity index (χ2v) is 6.38. The van der Waals surface area contributed by atoms with E-state index in [4.69, 9.17) is 9.26 Å². The average molecular weight is 338 g/mol. The topological polar surface area (TPSA) is 72.2 Å². The first-order valence-electron chi connectivity index (χ1n) is 8.66. The third-order valence-electron chi connectivity index (χ3n) is 4.82. The van der Waals surface area contributed by atoms with Crippen molar-refractivity contribution in [1.29, 1.82) is 0 Å². The maximum Gasteiger partial charge on any atom is 0.191 e. The quantitative estimate of drug-likeness (QED) is 0.745. The van der Waals surface area contributed by atoms with Crippen LogP contribution in [0.1, 0.15) is 30.0 Å². The molecule has 2 heterocycles. The Bertz CT molecular complexity index is 834. The van der Waals surface area contributed by atoms with Gasteiger partial charge in [-0.2, -0.15) is 0 Å². The van der Waals surface area contributed by atoms with Crippen LogP contribution in [-0.2, 0) is 6.54 Å². The molecule has 0 saturated carbocycles. The van der Waals surface area contributed by atoms with Crippen molar-refractivity contribution in [2.75, 3.05) is 13.7 Å². The number of methoxy groups -OCH3 is 1. The summed E-state index contributed by atoms with van der Waals surface area (Å²) in [7, 11) is 1.67. The van der Waals surface area contributed by atoms with Crippen LogP contribution in [0.4, 0.5) is 0 Å².